The number of aromatic nitrogens is 2. The first-order valence-electron chi connectivity index (χ1n) is 9.57. The quantitative estimate of drug-likeness (QED) is 0.435. The average molecular weight is 408 g/mol. The first-order valence-corrected chi connectivity index (χ1v) is 9.57. The number of anilines is 1. The smallest absolute Gasteiger partial charge is 0.328 e. The van der Waals surface area contributed by atoms with Gasteiger partial charge in [0.15, 0.2) is 5.82 Å². The molecule has 1 atom stereocenters. The molecule has 2 aromatic heterocycles. The maximum atomic E-state index is 12.2. The number of carbonyl (C=O) groups excluding carboxylic acids is 2. The summed E-state index contributed by atoms with van der Waals surface area (Å²) in [7, 11) is 1.36. The summed E-state index contributed by atoms with van der Waals surface area (Å²) in [6, 6.07) is 10.4. The van der Waals surface area contributed by atoms with E-state index in [0.717, 1.165) is 5.39 Å². The fourth-order valence-corrected chi connectivity index (χ4v) is 2.85. The molecule has 156 valence electrons. The first-order chi connectivity index (χ1) is 14.5. The normalized spacial score (nSPS) is 12.3. The Morgan fingerprint density at radius 1 is 1.17 bits per heavy atom. The van der Waals surface area contributed by atoms with Crippen LogP contribution in [0.2, 0.25) is 0 Å². The number of hydrogen-bond acceptors (Lipinski definition) is 7. The van der Waals surface area contributed by atoms with Crippen molar-refractivity contribution >= 4 is 34.7 Å². The second-order valence-corrected chi connectivity index (χ2v) is 6.96. The number of nitrogens with zero attached hydrogens (tertiary/aromatic N) is 2. The molecule has 0 radical (unpaired) electrons. The van der Waals surface area contributed by atoms with Crippen molar-refractivity contribution in [2.45, 2.75) is 26.4 Å². The van der Waals surface area contributed by atoms with Crippen molar-refractivity contribution in [3.8, 4) is 0 Å². The molecule has 3 aromatic rings. The van der Waals surface area contributed by atoms with Gasteiger partial charge in [0.1, 0.15) is 17.6 Å². The van der Waals surface area contributed by atoms with Gasteiger partial charge in [0.2, 0.25) is 5.91 Å². The molecule has 0 spiro atoms. The molecule has 0 unspecified atom stereocenters. The van der Waals surface area contributed by atoms with Crippen LogP contribution in [0.1, 0.15) is 25.4 Å². The first kappa shape index (κ1) is 21.0. The number of hydrogen-bond donors (Lipinski definition) is 2. The number of fused-ring (bicyclic) bond motifs is 1. The Kier molecular flexibility index (Phi) is 6.79. The second-order valence-electron chi connectivity index (χ2n) is 6.96. The van der Waals surface area contributed by atoms with Crippen molar-refractivity contribution in [3.63, 3.8) is 0 Å². The zero-order chi connectivity index (χ0) is 21.5. The van der Waals surface area contributed by atoms with Crippen LogP contribution in [-0.2, 0) is 20.9 Å². The zero-order valence-corrected chi connectivity index (χ0v) is 17.1. The number of esters is 1. The molecule has 0 aliphatic rings. The number of rotatable bonds is 8. The van der Waals surface area contributed by atoms with Crippen molar-refractivity contribution in [3.05, 3.63) is 60.3 Å². The summed E-state index contributed by atoms with van der Waals surface area (Å²) in [6.45, 7) is 3.97. The molecular weight excluding hydrogens is 384 g/mol. The lowest BCUT2D eigenvalue weighted by Gasteiger charge is -2.21. The Morgan fingerprint density at radius 3 is 2.67 bits per heavy atom. The van der Waals surface area contributed by atoms with E-state index in [9.17, 15) is 9.59 Å². The SMILES string of the molecule is COC(=O)[C@@H](Nc1nc(CNC(=O)C=Cc2ccco2)nc2ccccc12)C(C)C. The minimum absolute atomic E-state index is 0.0129. The van der Waals surface area contributed by atoms with Crippen molar-refractivity contribution in [1.29, 1.82) is 0 Å². The molecule has 1 amide bonds. The van der Waals surface area contributed by atoms with E-state index >= 15 is 0 Å². The van der Waals surface area contributed by atoms with Gasteiger partial charge in [-0.15, -0.1) is 0 Å². The zero-order valence-electron chi connectivity index (χ0n) is 17.1. The van der Waals surface area contributed by atoms with Crippen LogP contribution in [0.25, 0.3) is 17.0 Å². The number of furan rings is 1. The van der Waals surface area contributed by atoms with E-state index in [0.29, 0.717) is 22.9 Å². The van der Waals surface area contributed by atoms with Crippen LogP contribution in [0, 0.1) is 5.92 Å². The van der Waals surface area contributed by atoms with Gasteiger partial charge < -0.3 is 19.8 Å². The number of benzene rings is 1. The van der Waals surface area contributed by atoms with E-state index in [2.05, 4.69) is 20.6 Å². The van der Waals surface area contributed by atoms with E-state index in [1.807, 2.05) is 38.1 Å². The number of ether oxygens (including phenoxy) is 1. The molecule has 1 aromatic carbocycles. The lowest BCUT2D eigenvalue weighted by molar-refractivity contribution is -0.142. The van der Waals surface area contributed by atoms with Crippen molar-refractivity contribution in [2.24, 2.45) is 5.92 Å². The molecule has 0 fully saturated rings. The number of amides is 1. The summed E-state index contributed by atoms with van der Waals surface area (Å²) in [6.07, 6.45) is 4.49. The maximum Gasteiger partial charge on any atom is 0.328 e. The molecule has 0 bridgehead atoms. The minimum Gasteiger partial charge on any atom is -0.467 e. The molecule has 8 nitrogen and oxygen atoms in total. The second kappa shape index (κ2) is 9.69. The monoisotopic (exact) mass is 408 g/mol. The highest BCUT2D eigenvalue weighted by Crippen LogP contribution is 2.22. The fraction of sp³-hybridized carbons (Fsp3) is 0.273. The third-order valence-corrected chi connectivity index (χ3v) is 4.43. The third kappa shape index (κ3) is 5.22. The van der Waals surface area contributed by atoms with Crippen LogP contribution in [0.15, 0.2) is 53.2 Å². The molecule has 8 heteroatoms. The van der Waals surface area contributed by atoms with Crippen LogP contribution in [0.5, 0.6) is 0 Å². The van der Waals surface area contributed by atoms with Crippen LogP contribution in [0.4, 0.5) is 5.82 Å². The third-order valence-electron chi connectivity index (χ3n) is 4.43. The largest absolute Gasteiger partial charge is 0.467 e. The summed E-state index contributed by atoms with van der Waals surface area (Å²) >= 11 is 0. The summed E-state index contributed by atoms with van der Waals surface area (Å²) < 4.78 is 10.1. The summed E-state index contributed by atoms with van der Waals surface area (Å²) in [5.74, 6) is 0.837. The predicted octanol–water partition coefficient (Wildman–Crippen LogP) is 3.16. The highest BCUT2D eigenvalue weighted by molar-refractivity contribution is 5.92. The van der Waals surface area contributed by atoms with Gasteiger partial charge in [0.05, 0.1) is 25.4 Å². The summed E-state index contributed by atoms with van der Waals surface area (Å²) in [5, 5.41) is 6.71. The van der Waals surface area contributed by atoms with Gasteiger partial charge >= 0.3 is 5.97 Å². The van der Waals surface area contributed by atoms with Gasteiger partial charge in [0.25, 0.3) is 0 Å². The molecular formula is C22H24N4O4. The molecule has 0 aliphatic heterocycles. The van der Waals surface area contributed by atoms with Crippen LogP contribution >= 0.6 is 0 Å². The molecule has 2 heterocycles. The lowest BCUT2D eigenvalue weighted by atomic mass is 10.0. The molecule has 0 saturated carbocycles. The molecule has 0 aliphatic carbocycles. The maximum absolute atomic E-state index is 12.2. The number of methoxy groups -OCH3 is 1. The van der Waals surface area contributed by atoms with Crippen LogP contribution in [-0.4, -0.2) is 35.0 Å². The highest BCUT2D eigenvalue weighted by atomic mass is 16.5. The predicted molar refractivity (Wildman–Crippen MR) is 113 cm³/mol. The molecule has 0 saturated heterocycles. The van der Waals surface area contributed by atoms with Crippen molar-refractivity contribution in [1.82, 2.24) is 15.3 Å². The number of para-hydroxylation sites is 1. The molecule has 3 rings (SSSR count). The topological polar surface area (TPSA) is 106 Å². The van der Waals surface area contributed by atoms with Crippen LogP contribution in [0.3, 0.4) is 0 Å². The average Bonchev–Trinajstić information content (AvgIpc) is 3.27. The Balaban J connectivity index is 1.80. The van der Waals surface area contributed by atoms with E-state index in [1.165, 1.54) is 19.4 Å². The summed E-state index contributed by atoms with van der Waals surface area (Å²) in [4.78, 5) is 33.3. The fourth-order valence-electron chi connectivity index (χ4n) is 2.85. The number of carbonyl (C=O) groups is 2. The Hall–Kier alpha value is -3.68. The molecule has 2 N–H and O–H groups in total. The minimum atomic E-state index is -0.563. The van der Waals surface area contributed by atoms with E-state index in [4.69, 9.17) is 9.15 Å². The van der Waals surface area contributed by atoms with Gasteiger partial charge in [-0.2, -0.15) is 0 Å². The summed E-state index contributed by atoms with van der Waals surface area (Å²) in [5.41, 5.74) is 0.706. The Labute approximate surface area is 174 Å². The van der Waals surface area contributed by atoms with Gasteiger partial charge in [-0.1, -0.05) is 26.0 Å². The van der Waals surface area contributed by atoms with Crippen molar-refractivity contribution in [2.75, 3.05) is 12.4 Å². The van der Waals surface area contributed by atoms with Gasteiger partial charge in [-0.25, -0.2) is 14.8 Å². The van der Waals surface area contributed by atoms with E-state index in [-0.39, 0.29) is 24.3 Å². The molecule has 30 heavy (non-hydrogen) atoms. The van der Waals surface area contributed by atoms with Gasteiger partial charge in [-0.3, -0.25) is 4.79 Å². The lowest BCUT2D eigenvalue weighted by Crippen LogP contribution is -2.36. The number of nitrogens with one attached hydrogen (secondary N) is 2. The van der Waals surface area contributed by atoms with E-state index in [1.54, 1.807) is 18.2 Å². The van der Waals surface area contributed by atoms with Gasteiger partial charge in [0, 0.05) is 11.5 Å². The Bertz CT molecular complexity index is 1040. The standard InChI is InChI=1S/C22H24N4O4/c1-14(2)20(22(28)29-3)26-21-16-8-4-5-9-17(16)24-18(25-21)13-23-19(27)11-10-15-7-6-12-30-15/h4-12,14,20H,13H2,1-3H3,(H,23,27)(H,24,25,26)/t20-/m0/s1. The van der Waals surface area contributed by atoms with Crippen LogP contribution < -0.4 is 10.6 Å². The van der Waals surface area contributed by atoms with Crippen molar-refractivity contribution < 1.29 is 18.7 Å². The Morgan fingerprint density at radius 2 is 1.97 bits per heavy atom. The van der Waals surface area contributed by atoms with E-state index < -0.39 is 6.04 Å². The van der Waals surface area contributed by atoms with Gasteiger partial charge in [-0.05, 0) is 36.3 Å². The highest BCUT2D eigenvalue weighted by Gasteiger charge is 2.24.